The fourth-order valence-corrected chi connectivity index (χ4v) is 3.00. The summed E-state index contributed by atoms with van der Waals surface area (Å²) in [5.41, 5.74) is 2.36. The lowest BCUT2D eigenvalue weighted by Crippen LogP contribution is -3.06. The minimum absolute atomic E-state index is 0.343. The number of fused-ring (bicyclic) bond motifs is 1. The van der Waals surface area contributed by atoms with Gasteiger partial charge in [-0.2, -0.15) is 0 Å². The van der Waals surface area contributed by atoms with Crippen LogP contribution < -0.4 is 20.0 Å². The molecule has 25 heavy (non-hydrogen) atoms. The van der Waals surface area contributed by atoms with Crippen LogP contribution in [0.3, 0.4) is 0 Å². The molecule has 1 N–H and O–H groups in total. The Balaban J connectivity index is 1.85. The van der Waals surface area contributed by atoms with Gasteiger partial charge in [-0.05, 0) is 24.3 Å². The van der Waals surface area contributed by atoms with Crippen LogP contribution >= 0.6 is 0 Å². The van der Waals surface area contributed by atoms with Crippen molar-refractivity contribution in [3.05, 3.63) is 70.1 Å². The quantitative estimate of drug-likeness (QED) is 0.698. The van der Waals surface area contributed by atoms with E-state index in [4.69, 9.17) is 13.9 Å². The molecule has 5 heteroatoms. The van der Waals surface area contributed by atoms with E-state index in [9.17, 15) is 4.79 Å². The van der Waals surface area contributed by atoms with Gasteiger partial charge in [0.25, 0.3) is 0 Å². The molecule has 1 aromatic heterocycles. The van der Waals surface area contributed by atoms with Gasteiger partial charge in [0, 0.05) is 28.6 Å². The van der Waals surface area contributed by atoms with E-state index in [0.717, 1.165) is 23.2 Å². The first-order valence-electron chi connectivity index (χ1n) is 8.14. The fourth-order valence-electron chi connectivity index (χ4n) is 3.00. The molecule has 0 aliphatic heterocycles. The molecule has 130 valence electrons. The van der Waals surface area contributed by atoms with E-state index >= 15 is 0 Å². The molecule has 1 atom stereocenters. The van der Waals surface area contributed by atoms with Gasteiger partial charge in [0.1, 0.15) is 30.2 Å². The van der Waals surface area contributed by atoms with Crippen LogP contribution in [0.25, 0.3) is 11.0 Å². The Morgan fingerprint density at radius 2 is 1.72 bits per heavy atom. The van der Waals surface area contributed by atoms with Gasteiger partial charge in [0.05, 0.1) is 21.3 Å². The van der Waals surface area contributed by atoms with Crippen molar-refractivity contribution in [2.45, 2.75) is 13.1 Å². The number of methoxy groups -OCH3 is 2. The Labute approximate surface area is 146 Å². The van der Waals surface area contributed by atoms with Gasteiger partial charge in [-0.25, -0.2) is 4.79 Å². The smallest absolute Gasteiger partial charge is 0.336 e. The second-order valence-corrected chi connectivity index (χ2v) is 6.11. The molecule has 0 bridgehead atoms. The number of benzene rings is 2. The monoisotopic (exact) mass is 340 g/mol. The Morgan fingerprint density at radius 1 is 0.960 bits per heavy atom. The van der Waals surface area contributed by atoms with Gasteiger partial charge in [-0.15, -0.1) is 0 Å². The van der Waals surface area contributed by atoms with Crippen LogP contribution in [0, 0.1) is 0 Å². The maximum Gasteiger partial charge on any atom is 0.336 e. The molecule has 0 aliphatic rings. The summed E-state index contributed by atoms with van der Waals surface area (Å²) in [4.78, 5) is 13.2. The molecular formula is C20H22NO4+. The topological polar surface area (TPSA) is 53.1 Å². The molecule has 2 aromatic carbocycles. The number of quaternary nitrogens is 1. The predicted octanol–water partition coefficient (Wildman–Crippen LogP) is 2.03. The zero-order valence-corrected chi connectivity index (χ0v) is 14.7. The highest BCUT2D eigenvalue weighted by atomic mass is 16.5. The van der Waals surface area contributed by atoms with Crippen molar-refractivity contribution in [3.63, 3.8) is 0 Å². The minimum atomic E-state index is -0.343. The van der Waals surface area contributed by atoms with Gasteiger partial charge >= 0.3 is 5.63 Å². The summed E-state index contributed by atoms with van der Waals surface area (Å²) >= 11 is 0. The van der Waals surface area contributed by atoms with Crippen LogP contribution in [0.1, 0.15) is 11.1 Å². The molecule has 0 radical (unpaired) electrons. The normalized spacial score (nSPS) is 12.1. The maximum absolute atomic E-state index is 11.9. The van der Waals surface area contributed by atoms with Gasteiger partial charge < -0.3 is 18.8 Å². The molecule has 0 spiro atoms. The summed E-state index contributed by atoms with van der Waals surface area (Å²) in [5.74, 6) is 1.52. The van der Waals surface area contributed by atoms with Gasteiger partial charge in [-0.3, -0.25) is 0 Å². The number of hydrogen-bond donors (Lipinski definition) is 1. The largest absolute Gasteiger partial charge is 0.497 e. The average molecular weight is 340 g/mol. The van der Waals surface area contributed by atoms with Crippen LogP contribution in [0.2, 0.25) is 0 Å². The molecule has 0 amide bonds. The second kappa shape index (κ2) is 7.40. The number of ether oxygens (including phenoxy) is 2. The van der Waals surface area contributed by atoms with E-state index in [1.54, 1.807) is 26.4 Å². The summed E-state index contributed by atoms with van der Waals surface area (Å²) in [6.07, 6.45) is 0. The van der Waals surface area contributed by atoms with Gasteiger partial charge in [0.2, 0.25) is 0 Å². The second-order valence-electron chi connectivity index (χ2n) is 6.11. The lowest BCUT2D eigenvalue weighted by molar-refractivity contribution is -0.907. The van der Waals surface area contributed by atoms with Crippen molar-refractivity contribution in [2.24, 2.45) is 0 Å². The summed E-state index contributed by atoms with van der Waals surface area (Å²) in [5, 5.41) is 0.936. The third kappa shape index (κ3) is 4.00. The molecule has 1 heterocycles. The van der Waals surface area contributed by atoms with E-state index in [2.05, 4.69) is 13.1 Å². The molecule has 0 saturated heterocycles. The maximum atomic E-state index is 11.9. The zero-order valence-electron chi connectivity index (χ0n) is 14.7. The molecule has 3 rings (SSSR count). The Hall–Kier alpha value is -2.79. The summed E-state index contributed by atoms with van der Waals surface area (Å²) in [6, 6.07) is 15.2. The first-order valence-corrected chi connectivity index (χ1v) is 8.14. The third-order valence-electron chi connectivity index (χ3n) is 4.17. The standard InChI is InChI=1S/C20H21NO4/c1-21(12-14-5-4-6-16(9-14)23-2)13-15-10-20(22)25-19-11-17(24-3)7-8-18(15)19/h4-11H,12-13H2,1-3H3/p+1. The minimum Gasteiger partial charge on any atom is -0.497 e. The fraction of sp³-hybridized carbons (Fsp3) is 0.250. The van der Waals surface area contributed by atoms with Crippen LogP contribution in [0.5, 0.6) is 11.5 Å². The van der Waals surface area contributed by atoms with E-state index in [1.807, 2.05) is 30.3 Å². The number of hydrogen-bond acceptors (Lipinski definition) is 4. The highest BCUT2D eigenvalue weighted by molar-refractivity contribution is 5.81. The summed E-state index contributed by atoms with van der Waals surface area (Å²) in [6.45, 7) is 1.54. The molecule has 0 fully saturated rings. The van der Waals surface area contributed by atoms with Crippen molar-refractivity contribution < 1.29 is 18.8 Å². The molecule has 0 aliphatic carbocycles. The highest BCUT2D eigenvalue weighted by Gasteiger charge is 2.12. The van der Waals surface area contributed by atoms with Gasteiger partial charge in [0.15, 0.2) is 0 Å². The van der Waals surface area contributed by atoms with Crippen molar-refractivity contribution in [1.29, 1.82) is 0 Å². The van der Waals surface area contributed by atoms with Crippen LogP contribution in [0.4, 0.5) is 0 Å². The Kier molecular flexibility index (Phi) is 5.05. The van der Waals surface area contributed by atoms with Crippen molar-refractivity contribution >= 4 is 11.0 Å². The van der Waals surface area contributed by atoms with E-state index in [0.29, 0.717) is 17.9 Å². The van der Waals surface area contributed by atoms with E-state index in [-0.39, 0.29) is 5.63 Å². The lowest BCUT2D eigenvalue weighted by Gasteiger charge is -2.15. The first-order chi connectivity index (χ1) is 12.1. The highest BCUT2D eigenvalue weighted by Crippen LogP contribution is 2.22. The number of nitrogens with one attached hydrogen (secondary N) is 1. The third-order valence-corrected chi connectivity index (χ3v) is 4.17. The van der Waals surface area contributed by atoms with Crippen molar-refractivity contribution in [2.75, 3.05) is 21.3 Å². The van der Waals surface area contributed by atoms with Crippen molar-refractivity contribution in [3.8, 4) is 11.5 Å². The van der Waals surface area contributed by atoms with Crippen LogP contribution in [0.15, 0.2) is 57.7 Å². The van der Waals surface area contributed by atoms with Crippen molar-refractivity contribution in [1.82, 2.24) is 0 Å². The molecule has 0 saturated carbocycles. The van der Waals surface area contributed by atoms with E-state index in [1.165, 1.54) is 10.5 Å². The zero-order chi connectivity index (χ0) is 17.8. The molecule has 5 nitrogen and oxygen atoms in total. The number of rotatable bonds is 6. The Morgan fingerprint density at radius 3 is 2.48 bits per heavy atom. The first kappa shape index (κ1) is 17.0. The predicted molar refractivity (Wildman–Crippen MR) is 96.3 cm³/mol. The molecular weight excluding hydrogens is 318 g/mol. The van der Waals surface area contributed by atoms with Crippen LogP contribution in [-0.2, 0) is 13.1 Å². The summed E-state index contributed by atoms with van der Waals surface area (Å²) < 4.78 is 15.8. The van der Waals surface area contributed by atoms with E-state index < -0.39 is 0 Å². The molecule has 1 unspecified atom stereocenters. The lowest BCUT2D eigenvalue weighted by atomic mass is 10.1. The average Bonchev–Trinajstić information content (AvgIpc) is 2.61. The molecule has 3 aromatic rings. The SMILES string of the molecule is COc1cccc(C[NH+](C)Cc2cc(=O)oc3cc(OC)ccc23)c1. The van der Waals surface area contributed by atoms with Crippen LogP contribution in [-0.4, -0.2) is 21.3 Å². The summed E-state index contributed by atoms with van der Waals surface area (Å²) in [7, 11) is 5.36. The van der Waals surface area contributed by atoms with Gasteiger partial charge in [-0.1, -0.05) is 12.1 Å². The Bertz CT molecular complexity index is 932.